The van der Waals surface area contributed by atoms with Gasteiger partial charge in [0.25, 0.3) is 5.91 Å². The molecule has 1 fully saturated rings. The van der Waals surface area contributed by atoms with Crippen molar-refractivity contribution in [2.75, 3.05) is 58.9 Å². The van der Waals surface area contributed by atoms with E-state index in [0.29, 0.717) is 38.1 Å². The van der Waals surface area contributed by atoms with E-state index >= 15 is 0 Å². The molecule has 1 aliphatic rings. The van der Waals surface area contributed by atoms with Crippen LogP contribution in [0.5, 0.6) is 5.75 Å². The first-order valence-electron chi connectivity index (χ1n) is 15.1. The number of nitrogens with one attached hydrogen (secondary N) is 2. The van der Waals surface area contributed by atoms with Crippen LogP contribution in [0.15, 0.2) is 24.3 Å². The van der Waals surface area contributed by atoms with Crippen molar-refractivity contribution in [1.29, 1.82) is 0 Å². The SMILES string of the molecule is CSS[C@H](C)O[C@@H]1C[C@H](BC#CCNC(=O)COCCOC(COc2cccc(C(=O)NCCN)c2)SSC(C)(C)C)OC1CO. The summed E-state index contributed by atoms with van der Waals surface area (Å²) in [6, 6.07) is 6.84. The highest BCUT2D eigenvalue weighted by Gasteiger charge is 2.36. The van der Waals surface area contributed by atoms with Crippen molar-refractivity contribution in [3.05, 3.63) is 29.8 Å². The molecule has 2 unspecified atom stereocenters. The monoisotopic (exact) mass is 717 g/mol. The number of aliphatic hydroxyl groups excluding tert-OH is 1. The van der Waals surface area contributed by atoms with Crippen LogP contribution in [0.25, 0.3) is 0 Å². The predicted octanol–water partition coefficient (Wildman–Crippen LogP) is 2.66. The van der Waals surface area contributed by atoms with Crippen molar-refractivity contribution in [3.63, 3.8) is 0 Å². The highest BCUT2D eigenvalue weighted by molar-refractivity contribution is 8.77. The Bertz CT molecular complexity index is 1110. The van der Waals surface area contributed by atoms with E-state index in [1.807, 2.05) is 13.2 Å². The summed E-state index contributed by atoms with van der Waals surface area (Å²) in [6.45, 7) is 9.87. The van der Waals surface area contributed by atoms with E-state index in [1.165, 1.54) is 0 Å². The number of hydrogen-bond acceptors (Lipinski definition) is 13. The number of carbonyl (C=O) groups is 2. The van der Waals surface area contributed by atoms with Crippen LogP contribution in [-0.4, -0.2) is 117 Å². The summed E-state index contributed by atoms with van der Waals surface area (Å²) < 4.78 is 29.3. The first-order chi connectivity index (χ1) is 22.0. The second-order valence-corrected chi connectivity index (χ2v) is 17.0. The van der Waals surface area contributed by atoms with Crippen molar-refractivity contribution in [2.24, 2.45) is 5.73 Å². The number of benzene rings is 1. The smallest absolute Gasteiger partial charge is 0.251 e. The maximum atomic E-state index is 12.2. The molecule has 0 aliphatic carbocycles. The standard InChI is InChI=1S/C30H48BN3O8S4/c1-21(44-43-5)41-24-17-26(42-25(24)18-35)31-10-7-12-33-27(36)19-38-14-15-39-28(45-46-30(2,3)4)20-40-23-9-6-8-22(16-23)29(37)34-13-11-32/h6,8-9,16,21,24-26,28,31,35H,11-15,17-20,32H2,1-5H3,(H,33,36)(H,34,37)/t21-,24-,25?,26-,28?/m1/s1. The summed E-state index contributed by atoms with van der Waals surface area (Å²) in [5, 5.41) is 15.1. The average Bonchev–Trinajstić information content (AvgIpc) is 3.41. The van der Waals surface area contributed by atoms with Gasteiger partial charge in [-0.25, -0.2) is 0 Å². The molecule has 5 N–H and O–H groups in total. The van der Waals surface area contributed by atoms with E-state index in [4.69, 9.17) is 29.4 Å². The van der Waals surface area contributed by atoms with Crippen molar-refractivity contribution in [1.82, 2.24) is 10.6 Å². The lowest BCUT2D eigenvalue weighted by Gasteiger charge is -2.22. The van der Waals surface area contributed by atoms with Crippen molar-refractivity contribution in [2.45, 2.75) is 67.9 Å². The zero-order valence-electron chi connectivity index (χ0n) is 27.3. The van der Waals surface area contributed by atoms with Gasteiger partial charge >= 0.3 is 0 Å². The van der Waals surface area contributed by atoms with Gasteiger partial charge < -0.3 is 45.2 Å². The molecule has 16 heteroatoms. The molecule has 1 heterocycles. The van der Waals surface area contributed by atoms with Crippen LogP contribution in [0.2, 0.25) is 0 Å². The largest absolute Gasteiger partial charge is 0.490 e. The Hall–Kier alpha value is -1.26. The Kier molecular flexibility index (Phi) is 20.6. The molecule has 2 rings (SSSR count). The van der Waals surface area contributed by atoms with Gasteiger partial charge in [0.2, 0.25) is 13.2 Å². The van der Waals surface area contributed by atoms with E-state index < -0.39 is 0 Å². The minimum Gasteiger partial charge on any atom is -0.490 e. The summed E-state index contributed by atoms with van der Waals surface area (Å²) in [6.07, 6.45) is 2.15. The molecule has 2 amide bonds. The number of carbonyl (C=O) groups excluding carboxylic acids is 2. The number of aliphatic hydroxyl groups is 1. The molecular formula is C30H48BN3O8S4. The third-order valence-electron chi connectivity index (χ3n) is 5.97. The second-order valence-electron chi connectivity index (χ2n) is 11.1. The third kappa shape index (κ3) is 17.8. The summed E-state index contributed by atoms with van der Waals surface area (Å²) in [5.41, 5.74) is 5.66. The molecule has 11 nitrogen and oxygen atoms in total. The van der Waals surface area contributed by atoms with Gasteiger partial charge in [-0.15, -0.1) is 0 Å². The van der Waals surface area contributed by atoms with Gasteiger partial charge in [0.15, 0.2) is 0 Å². The summed E-state index contributed by atoms with van der Waals surface area (Å²) in [5.74, 6) is 6.06. The number of nitrogens with two attached hydrogens (primary N) is 1. The number of hydrogen-bond donors (Lipinski definition) is 4. The van der Waals surface area contributed by atoms with Crippen LogP contribution in [0.3, 0.4) is 0 Å². The Morgan fingerprint density at radius 3 is 2.76 bits per heavy atom. The van der Waals surface area contributed by atoms with E-state index in [9.17, 15) is 14.7 Å². The molecule has 1 saturated heterocycles. The van der Waals surface area contributed by atoms with Gasteiger partial charge in [-0.1, -0.05) is 75.9 Å². The van der Waals surface area contributed by atoms with E-state index in [1.54, 1.807) is 67.4 Å². The fourth-order valence-corrected chi connectivity index (χ4v) is 7.57. The quantitative estimate of drug-likeness (QED) is 0.0486. The Morgan fingerprint density at radius 2 is 2.04 bits per heavy atom. The molecule has 0 aromatic heterocycles. The topological polar surface area (TPSA) is 151 Å². The van der Waals surface area contributed by atoms with Gasteiger partial charge in [0, 0.05) is 29.4 Å². The summed E-state index contributed by atoms with van der Waals surface area (Å²) in [4.78, 5) is 24.4. The molecule has 1 aromatic carbocycles. The van der Waals surface area contributed by atoms with Gasteiger partial charge in [-0.3, -0.25) is 9.59 Å². The maximum absolute atomic E-state index is 12.2. The number of rotatable bonds is 21. The minimum atomic E-state index is -0.352. The van der Waals surface area contributed by atoms with Crippen molar-refractivity contribution in [3.8, 4) is 17.5 Å². The molecule has 1 aliphatic heterocycles. The van der Waals surface area contributed by atoms with Crippen LogP contribution in [-0.2, 0) is 23.7 Å². The first kappa shape index (κ1) is 40.9. The first-order valence-corrected chi connectivity index (χ1v) is 20.0. The molecule has 0 bridgehead atoms. The van der Waals surface area contributed by atoms with Gasteiger partial charge in [0.05, 0.1) is 32.5 Å². The molecule has 258 valence electrons. The van der Waals surface area contributed by atoms with Gasteiger partial charge in [-0.05, 0) is 37.8 Å². The third-order valence-corrected chi connectivity index (χ3v) is 11.4. The molecular weight excluding hydrogens is 669 g/mol. The molecule has 46 heavy (non-hydrogen) atoms. The van der Waals surface area contributed by atoms with Crippen LogP contribution in [0.4, 0.5) is 0 Å². The lowest BCUT2D eigenvalue weighted by molar-refractivity contribution is -0.126. The normalized spacial score (nSPS) is 19.1. The zero-order valence-corrected chi connectivity index (χ0v) is 30.5. The Morgan fingerprint density at radius 1 is 1.24 bits per heavy atom. The minimum absolute atomic E-state index is 0.00525. The van der Waals surface area contributed by atoms with Crippen LogP contribution >= 0.6 is 43.2 Å². The highest BCUT2D eigenvalue weighted by atomic mass is 33.1. The van der Waals surface area contributed by atoms with E-state index in [-0.39, 0.29) is 85.2 Å². The van der Waals surface area contributed by atoms with Crippen molar-refractivity contribution < 1.29 is 38.4 Å². The Balaban J connectivity index is 1.68. The lowest BCUT2D eigenvalue weighted by atomic mass is 9.71. The van der Waals surface area contributed by atoms with Crippen LogP contribution < -0.4 is 21.1 Å². The van der Waals surface area contributed by atoms with Crippen LogP contribution in [0.1, 0.15) is 44.5 Å². The molecule has 0 saturated carbocycles. The summed E-state index contributed by atoms with van der Waals surface area (Å²) >= 11 is 0. The number of ether oxygens (including phenoxy) is 5. The molecule has 1 aromatic rings. The van der Waals surface area contributed by atoms with Gasteiger partial charge in [0.1, 0.15) is 35.9 Å². The van der Waals surface area contributed by atoms with Crippen molar-refractivity contribution >= 4 is 62.3 Å². The summed E-state index contributed by atoms with van der Waals surface area (Å²) in [7, 11) is 7.00. The molecule has 0 radical (unpaired) electrons. The lowest BCUT2D eigenvalue weighted by Crippen LogP contribution is -2.29. The number of amides is 2. The maximum Gasteiger partial charge on any atom is 0.251 e. The molecule has 0 spiro atoms. The Labute approximate surface area is 290 Å². The zero-order chi connectivity index (χ0) is 33.8. The fraction of sp³-hybridized carbons (Fsp3) is 0.667. The second kappa shape index (κ2) is 23.2. The molecule has 5 atom stereocenters. The van der Waals surface area contributed by atoms with Gasteiger partial charge in [-0.2, -0.15) is 5.82 Å². The van der Waals surface area contributed by atoms with Crippen LogP contribution in [0, 0.1) is 11.7 Å². The van der Waals surface area contributed by atoms with E-state index in [0.717, 1.165) is 0 Å². The highest BCUT2D eigenvalue weighted by Crippen LogP contribution is 2.38. The van der Waals surface area contributed by atoms with E-state index in [2.05, 4.69) is 43.1 Å². The average molecular weight is 718 g/mol. The predicted molar refractivity (Wildman–Crippen MR) is 193 cm³/mol. The fourth-order valence-electron chi connectivity index (χ4n) is 3.97.